The molecule has 178 valence electrons. The minimum absolute atomic E-state index is 0.112. The number of alkyl halides is 3. The molecular formula is C22H26F3N5O3. The monoisotopic (exact) mass is 465 g/mol. The number of hydrogen-bond donors (Lipinski definition) is 6. The van der Waals surface area contributed by atoms with E-state index in [0.29, 0.717) is 31.1 Å². The minimum atomic E-state index is -4.61. The third-order valence-electron chi connectivity index (χ3n) is 5.43. The number of phenols is 1. The molecule has 11 heteroatoms. The van der Waals surface area contributed by atoms with E-state index in [1.54, 1.807) is 13.1 Å². The van der Waals surface area contributed by atoms with E-state index in [2.05, 4.69) is 21.3 Å². The van der Waals surface area contributed by atoms with Crippen molar-refractivity contribution in [3.63, 3.8) is 0 Å². The molecule has 1 fully saturated rings. The van der Waals surface area contributed by atoms with E-state index in [-0.39, 0.29) is 35.6 Å². The number of rotatable bonds is 7. The summed E-state index contributed by atoms with van der Waals surface area (Å²) in [4.78, 5) is 24.5. The Bertz CT molecular complexity index is 1030. The molecule has 0 bridgehead atoms. The van der Waals surface area contributed by atoms with Crippen LogP contribution in [0.1, 0.15) is 27.9 Å². The molecule has 2 atom stereocenters. The molecule has 2 aromatic rings. The van der Waals surface area contributed by atoms with Gasteiger partial charge in [0.2, 0.25) is 5.91 Å². The van der Waals surface area contributed by atoms with Crippen molar-refractivity contribution < 1.29 is 27.9 Å². The van der Waals surface area contributed by atoms with Crippen LogP contribution in [0.4, 0.5) is 24.5 Å². The quantitative estimate of drug-likeness (QED) is 0.274. The van der Waals surface area contributed by atoms with Crippen LogP contribution in [0.15, 0.2) is 36.4 Å². The lowest BCUT2D eigenvalue weighted by Crippen LogP contribution is -2.42. The third kappa shape index (κ3) is 6.28. The number of nitrogens with one attached hydrogen (secondary N) is 4. The average molecular weight is 465 g/mol. The van der Waals surface area contributed by atoms with Crippen LogP contribution in [0.25, 0.3) is 0 Å². The summed E-state index contributed by atoms with van der Waals surface area (Å²) < 4.78 is 38.6. The first-order valence-corrected chi connectivity index (χ1v) is 10.3. The lowest BCUT2D eigenvalue weighted by atomic mass is 10.0. The first-order valence-electron chi connectivity index (χ1n) is 10.3. The Hall–Kier alpha value is -3.47. The van der Waals surface area contributed by atoms with E-state index in [9.17, 15) is 27.9 Å². The highest BCUT2D eigenvalue weighted by atomic mass is 19.4. The predicted molar refractivity (Wildman–Crippen MR) is 118 cm³/mol. The van der Waals surface area contributed by atoms with Crippen molar-refractivity contribution >= 4 is 23.2 Å². The average Bonchev–Trinajstić information content (AvgIpc) is 3.19. The summed E-state index contributed by atoms with van der Waals surface area (Å²) >= 11 is 0. The second-order valence-corrected chi connectivity index (χ2v) is 7.89. The summed E-state index contributed by atoms with van der Waals surface area (Å²) in [5.74, 6) is -1.15. The first kappa shape index (κ1) is 24.2. The molecule has 1 aliphatic heterocycles. The van der Waals surface area contributed by atoms with Gasteiger partial charge in [0.15, 0.2) is 0 Å². The Morgan fingerprint density at radius 3 is 2.67 bits per heavy atom. The number of nitrogens with two attached hydrogens (primary N) is 1. The van der Waals surface area contributed by atoms with E-state index >= 15 is 0 Å². The van der Waals surface area contributed by atoms with Gasteiger partial charge in [-0.15, -0.1) is 0 Å². The molecule has 3 rings (SSSR count). The number of carbonyl (C=O) groups excluding carboxylic acids is 2. The van der Waals surface area contributed by atoms with Gasteiger partial charge >= 0.3 is 6.18 Å². The fraction of sp³-hybridized carbons (Fsp3) is 0.364. The van der Waals surface area contributed by atoms with Gasteiger partial charge in [0.1, 0.15) is 5.75 Å². The van der Waals surface area contributed by atoms with Crippen molar-refractivity contribution in [2.75, 3.05) is 31.2 Å². The number of benzene rings is 2. The Kier molecular flexibility index (Phi) is 7.32. The molecule has 2 aromatic carbocycles. The topological polar surface area (TPSA) is 129 Å². The SMILES string of the molecule is CNc1cc(CC2CC(NC(=O)CNC(=O)c3cc(C(F)(F)F)ccc3N)CN2)ccc1O. The summed E-state index contributed by atoms with van der Waals surface area (Å²) in [5, 5.41) is 21.1. The zero-order valence-electron chi connectivity index (χ0n) is 17.9. The number of carbonyl (C=O) groups is 2. The van der Waals surface area contributed by atoms with Gasteiger partial charge in [0.25, 0.3) is 5.91 Å². The normalized spacial score (nSPS) is 18.1. The summed E-state index contributed by atoms with van der Waals surface area (Å²) in [6.45, 7) is 0.154. The van der Waals surface area contributed by atoms with Gasteiger partial charge in [-0.2, -0.15) is 13.2 Å². The molecule has 0 radical (unpaired) electrons. The van der Waals surface area contributed by atoms with Gasteiger partial charge in [-0.25, -0.2) is 0 Å². The molecule has 0 spiro atoms. The number of hydrogen-bond acceptors (Lipinski definition) is 6. The smallest absolute Gasteiger partial charge is 0.416 e. The van der Waals surface area contributed by atoms with E-state index in [4.69, 9.17) is 5.73 Å². The molecule has 1 saturated heterocycles. The standard InChI is InChI=1S/C22H26F3N5O3/c1-27-18-7-12(2-5-19(18)31)6-14-9-15(10-28-14)30-20(32)11-29-21(33)16-8-13(22(23,24)25)3-4-17(16)26/h2-5,7-8,14-15,27-28,31H,6,9-11,26H2,1H3,(H,29,33)(H,30,32). The summed E-state index contributed by atoms with van der Waals surface area (Å²) in [5.41, 5.74) is 5.83. The number of nitrogen functional groups attached to an aromatic ring is 1. The maximum atomic E-state index is 12.9. The Balaban J connectivity index is 1.48. The van der Waals surface area contributed by atoms with Gasteiger partial charge in [-0.3, -0.25) is 9.59 Å². The van der Waals surface area contributed by atoms with Gasteiger partial charge in [0.05, 0.1) is 23.4 Å². The zero-order chi connectivity index (χ0) is 24.2. The lowest BCUT2D eigenvalue weighted by Gasteiger charge is -2.14. The molecule has 0 saturated carbocycles. The number of halogens is 3. The molecule has 8 nitrogen and oxygen atoms in total. The molecule has 0 aromatic heterocycles. The van der Waals surface area contributed by atoms with Gasteiger partial charge < -0.3 is 32.1 Å². The fourth-order valence-electron chi connectivity index (χ4n) is 3.74. The number of anilines is 2. The number of amides is 2. The summed E-state index contributed by atoms with van der Waals surface area (Å²) in [6, 6.07) is 7.74. The van der Waals surface area contributed by atoms with Gasteiger partial charge in [0, 0.05) is 31.4 Å². The van der Waals surface area contributed by atoms with Crippen LogP contribution >= 0.6 is 0 Å². The largest absolute Gasteiger partial charge is 0.506 e. The maximum Gasteiger partial charge on any atom is 0.416 e. The van der Waals surface area contributed by atoms with Crippen molar-refractivity contribution in [3.8, 4) is 5.75 Å². The van der Waals surface area contributed by atoms with E-state index < -0.39 is 23.6 Å². The molecule has 0 aliphatic carbocycles. The second kappa shape index (κ2) is 9.99. The highest BCUT2D eigenvalue weighted by Gasteiger charge is 2.31. The highest BCUT2D eigenvalue weighted by molar-refractivity contribution is 6.00. The second-order valence-electron chi connectivity index (χ2n) is 7.89. The van der Waals surface area contributed by atoms with Gasteiger partial charge in [-0.05, 0) is 48.7 Å². The van der Waals surface area contributed by atoms with Crippen molar-refractivity contribution in [2.24, 2.45) is 0 Å². The van der Waals surface area contributed by atoms with Crippen LogP contribution in [0.3, 0.4) is 0 Å². The van der Waals surface area contributed by atoms with Crippen LogP contribution in [-0.4, -0.2) is 49.1 Å². The van der Waals surface area contributed by atoms with Crippen LogP contribution in [0.2, 0.25) is 0 Å². The molecule has 2 unspecified atom stereocenters. The van der Waals surface area contributed by atoms with E-state index in [0.717, 1.165) is 17.7 Å². The summed E-state index contributed by atoms with van der Waals surface area (Å²) in [6.07, 6.45) is -3.25. The third-order valence-corrected chi connectivity index (χ3v) is 5.43. The Morgan fingerprint density at radius 2 is 1.97 bits per heavy atom. The van der Waals surface area contributed by atoms with E-state index in [1.165, 1.54) is 0 Å². The number of aromatic hydroxyl groups is 1. The maximum absolute atomic E-state index is 12.9. The fourth-order valence-corrected chi connectivity index (χ4v) is 3.74. The Morgan fingerprint density at radius 1 is 1.21 bits per heavy atom. The van der Waals surface area contributed by atoms with Crippen molar-refractivity contribution in [1.29, 1.82) is 0 Å². The predicted octanol–water partition coefficient (Wildman–Crippen LogP) is 1.85. The summed E-state index contributed by atoms with van der Waals surface area (Å²) in [7, 11) is 1.72. The van der Waals surface area contributed by atoms with Crippen LogP contribution in [0, 0.1) is 0 Å². The van der Waals surface area contributed by atoms with Crippen molar-refractivity contribution in [3.05, 3.63) is 53.1 Å². The zero-order valence-corrected chi connectivity index (χ0v) is 17.9. The molecule has 7 N–H and O–H groups in total. The lowest BCUT2D eigenvalue weighted by molar-refractivity contribution is -0.137. The van der Waals surface area contributed by atoms with Crippen LogP contribution in [0.5, 0.6) is 5.75 Å². The Labute approximate surface area is 188 Å². The molecule has 33 heavy (non-hydrogen) atoms. The van der Waals surface area contributed by atoms with Crippen molar-refractivity contribution in [2.45, 2.75) is 31.1 Å². The van der Waals surface area contributed by atoms with Gasteiger partial charge in [-0.1, -0.05) is 6.07 Å². The molecule has 1 aliphatic rings. The number of phenolic OH excluding ortho intramolecular Hbond substituents is 1. The molecule has 2 amide bonds. The van der Waals surface area contributed by atoms with Crippen LogP contribution in [-0.2, 0) is 17.4 Å². The molecule has 1 heterocycles. The minimum Gasteiger partial charge on any atom is -0.506 e. The van der Waals surface area contributed by atoms with E-state index in [1.807, 2.05) is 12.1 Å². The van der Waals surface area contributed by atoms with Crippen molar-refractivity contribution in [1.82, 2.24) is 16.0 Å². The molecular weight excluding hydrogens is 439 g/mol. The first-order chi connectivity index (χ1) is 15.6. The highest BCUT2D eigenvalue weighted by Crippen LogP contribution is 2.31. The van der Waals surface area contributed by atoms with Crippen LogP contribution < -0.4 is 27.0 Å².